The van der Waals surface area contributed by atoms with Crippen LogP contribution in [0, 0.1) is 25.5 Å². The van der Waals surface area contributed by atoms with Crippen LogP contribution in [0.25, 0.3) is 0 Å². The lowest BCUT2D eigenvalue weighted by Crippen LogP contribution is -2.50. The minimum atomic E-state index is -0.775. The normalized spacial score (nSPS) is 14.6. The van der Waals surface area contributed by atoms with Crippen LogP contribution in [0.4, 0.5) is 25.0 Å². The summed E-state index contributed by atoms with van der Waals surface area (Å²) in [6.45, 7) is 6.68. The Labute approximate surface area is 146 Å². The number of carbonyl (C=O) groups is 1. The van der Waals surface area contributed by atoms with Crippen molar-refractivity contribution >= 4 is 17.4 Å². The lowest BCUT2D eigenvalue weighted by Gasteiger charge is -2.37. The average molecular weight is 345 g/mol. The van der Waals surface area contributed by atoms with Crippen LogP contribution in [0.5, 0.6) is 0 Å². The Morgan fingerprint density at radius 1 is 1.00 bits per heavy atom. The molecule has 6 heteroatoms. The zero-order chi connectivity index (χ0) is 18.0. The van der Waals surface area contributed by atoms with E-state index in [1.165, 1.54) is 22.9 Å². The van der Waals surface area contributed by atoms with Gasteiger partial charge in [-0.25, -0.2) is 13.6 Å². The molecule has 1 N–H and O–H groups in total. The van der Waals surface area contributed by atoms with Crippen molar-refractivity contribution in [2.24, 2.45) is 0 Å². The van der Waals surface area contributed by atoms with Crippen LogP contribution in [0.15, 0.2) is 36.4 Å². The molecule has 2 amide bonds. The summed E-state index contributed by atoms with van der Waals surface area (Å²) in [5, 5.41) is 2.51. The van der Waals surface area contributed by atoms with Gasteiger partial charge in [0.25, 0.3) is 0 Å². The van der Waals surface area contributed by atoms with Gasteiger partial charge in [-0.05, 0) is 37.1 Å². The Morgan fingerprint density at radius 2 is 1.64 bits per heavy atom. The summed E-state index contributed by atoms with van der Waals surface area (Å²) in [7, 11) is 0. The largest absolute Gasteiger partial charge is 0.368 e. The fraction of sp³-hybridized carbons (Fsp3) is 0.316. The predicted molar refractivity (Wildman–Crippen MR) is 95.1 cm³/mol. The van der Waals surface area contributed by atoms with E-state index in [1.54, 1.807) is 4.90 Å². The van der Waals surface area contributed by atoms with Crippen LogP contribution in [-0.4, -0.2) is 37.1 Å². The molecule has 2 aromatic rings. The van der Waals surface area contributed by atoms with Crippen LogP contribution >= 0.6 is 0 Å². The molecule has 0 aliphatic carbocycles. The molecule has 0 saturated carbocycles. The zero-order valence-electron chi connectivity index (χ0n) is 14.4. The van der Waals surface area contributed by atoms with Gasteiger partial charge in [-0.15, -0.1) is 0 Å². The first kappa shape index (κ1) is 17.2. The van der Waals surface area contributed by atoms with Crippen molar-refractivity contribution in [3.05, 3.63) is 59.2 Å². The van der Waals surface area contributed by atoms with Crippen molar-refractivity contribution in [1.29, 1.82) is 0 Å². The van der Waals surface area contributed by atoms with Crippen LogP contribution in [-0.2, 0) is 0 Å². The van der Waals surface area contributed by atoms with Crippen molar-refractivity contribution in [2.75, 3.05) is 36.4 Å². The Kier molecular flexibility index (Phi) is 4.88. The number of anilines is 2. The SMILES string of the molecule is Cc1cccc(C)c1N1CCN(C(=O)Nc2ccc(F)cc2F)CC1. The second kappa shape index (κ2) is 7.09. The molecule has 0 unspecified atom stereocenters. The third kappa shape index (κ3) is 3.73. The molecule has 0 radical (unpaired) electrons. The molecule has 1 aliphatic rings. The third-order valence-electron chi connectivity index (χ3n) is 4.50. The van der Waals surface area contributed by atoms with Crippen molar-refractivity contribution in [2.45, 2.75) is 13.8 Å². The number of aryl methyl sites for hydroxylation is 2. The van der Waals surface area contributed by atoms with Gasteiger partial charge in [-0.2, -0.15) is 0 Å². The molecule has 0 spiro atoms. The number of amides is 2. The summed E-state index contributed by atoms with van der Waals surface area (Å²) in [4.78, 5) is 16.2. The van der Waals surface area contributed by atoms with Crippen LogP contribution in [0.3, 0.4) is 0 Å². The van der Waals surface area contributed by atoms with Gasteiger partial charge >= 0.3 is 6.03 Å². The number of piperazine rings is 1. The van der Waals surface area contributed by atoms with E-state index in [1.807, 2.05) is 6.07 Å². The first-order valence-electron chi connectivity index (χ1n) is 8.28. The summed E-state index contributed by atoms with van der Waals surface area (Å²) in [5.41, 5.74) is 3.63. The summed E-state index contributed by atoms with van der Waals surface area (Å²) in [6.07, 6.45) is 0. The van der Waals surface area contributed by atoms with E-state index in [0.717, 1.165) is 12.1 Å². The van der Waals surface area contributed by atoms with E-state index in [2.05, 4.69) is 36.2 Å². The fourth-order valence-corrected chi connectivity index (χ4v) is 3.22. The van der Waals surface area contributed by atoms with Gasteiger partial charge in [-0.1, -0.05) is 18.2 Å². The maximum absolute atomic E-state index is 13.7. The second-order valence-electron chi connectivity index (χ2n) is 6.27. The van der Waals surface area contributed by atoms with E-state index in [9.17, 15) is 13.6 Å². The summed E-state index contributed by atoms with van der Waals surface area (Å²) in [5.74, 6) is -1.44. The maximum Gasteiger partial charge on any atom is 0.322 e. The summed E-state index contributed by atoms with van der Waals surface area (Å²) >= 11 is 0. The van der Waals surface area contributed by atoms with Crippen molar-refractivity contribution in [3.63, 3.8) is 0 Å². The fourth-order valence-electron chi connectivity index (χ4n) is 3.22. The molecule has 132 valence electrons. The first-order valence-corrected chi connectivity index (χ1v) is 8.28. The van der Waals surface area contributed by atoms with Gasteiger partial charge in [-0.3, -0.25) is 0 Å². The first-order chi connectivity index (χ1) is 12.0. The van der Waals surface area contributed by atoms with Crippen LogP contribution < -0.4 is 10.2 Å². The Hall–Kier alpha value is -2.63. The minimum absolute atomic E-state index is 0.0106. The topological polar surface area (TPSA) is 35.6 Å². The smallest absolute Gasteiger partial charge is 0.322 e. The predicted octanol–water partition coefficient (Wildman–Crippen LogP) is 3.94. The molecular formula is C19H21F2N3O. The number of benzene rings is 2. The van der Waals surface area contributed by atoms with E-state index in [0.29, 0.717) is 26.2 Å². The van der Waals surface area contributed by atoms with Gasteiger partial charge in [0.05, 0.1) is 5.69 Å². The molecule has 0 bridgehead atoms. The summed E-state index contributed by atoms with van der Waals surface area (Å²) in [6, 6.07) is 8.94. The van der Waals surface area contributed by atoms with Crippen molar-refractivity contribution in [1.82, 2.24) is 4.90 Å². The average Bonchev–Trinajstić information content (AvgIpc) is 2.58. The molecule has 3 rings (SSSR count). The molecule has 4 nitrogen and oxygen atoms in total. The number of hydrogen-bond donors (Lipinski definition) is 1. The number of urea groups is 1. The number of rotatable bonds is 2. The maximum atomic E-state index is 13.7. The van der Waals surface area contributed by atoms with Crippen LogP contribution in [0.2, 0.25) is 0 Å². The second-order valence-corrected chi connectivity index (χ2v) is 6.27. The highest BCUT2D eigenvalue weighted by molar-refractivity contribution is 5.89. The minimum Gasteiger partial charge on any atom is -0.368 e. The van der Waals surface area contributed by atoms with Gasteiger partial charge < -0.3 is 15.1 Å². The molecule has 25 heavy (non-hydrogen) atoms. The number of nitrogens with zero attached hydrogens (tertiary/aromatic N) is 2. The van der Waals surface area contributed by atoms with Gasteiger partial charge in [0.15, 0.2) is 0 Å². The highest BCUT2D eigenvalue weighted by Gasteiger charge is 2.23. The molecule has 1 aliphatic heterocycles. The highest BCUT2D eigenvalue weighted by Crippen LogP contribution is 2.25. The quantitative estimate of drug-likeness (QED) is 0.895. The lowest BCUT2D eigenvalue weighted by molar-refractivity contribution is 0.208. The molecule has 0 aromatic heterocycles. The van der Waals surface area contributed by atoms with Gasteiger partial charge in [0.1, 0.15) is 11.6 Å². The molecule has 1 fully saturated rings. The number of halogens is 2. The number of nitrogens with one attached hydrogen (secondary N) is 1. The Morgan fingerprint density at radius 3 is 2.24 bits per heavy atom. The van der Waals surface area contributed by atoms with E-state index >= 15 is 0 Å². The monoisotopic (exact) mass is 345 g/mol. The van der Waals surface area contributed by atoms with E-state index < -0.39 is 11.6 Å². The van der Waals surface area contributed by atoms with Gasteiger partial charge in [0.2, 0.25) is 0 Å². The van der Waals surface area contributed by atoms with E-state index in [-0.39, 0.29) is 11.7 Å². The summed E-state index contributed by atoms with van der Waals surface area (Å²) < 4.78 is 26.6. The van der Waals surface area contributed by atoms with Gasteiger partial charge in [0, 0.05) is 37.9 Å². The third-order valence-corrected chi connectivity index (χ3v) is 4.50. The molecule has 2 aromatic carbocycles. The Balaban J connectivity index is 1.63. The zero-order valence-corrected chi connectivity index (χ0v) is 14.4. The number of hydrogen-bond acceptors (Lipinski definition) is 2. The Bertz CT molecular complexity index is 766. The standard InChI is InChI=1S/C19H21F2N3O/c1-13-4-3-5-14(2)18(13)23-8-10-24(11-9-23)19(25)22-17-7-6-15(20)12-16(17)21/h3-7,12H,8-11H2,1-2H3,(H,22,25). The molecule has 0 atom stereocenters. The van der Waals surface area contributed by atoms with Crippen molar-refractivity contribution in [3.8, 4) is 0 Å². The number of para-hydroxylation sites is 1. The number of carbonyl (C=O) groups excluding carboxylic acids is 1. The van der Waals surface area contributed by atoms with E-state index in [4.69, 9.17) is 0 Å². The van der Waals surface area contributed by atoms with Crippen molar-refractivity contribution < 1.29 is 13.6 Å². The highest BCUT2D eigenvalue weighted by atomic mass is 19.1. The molecule has 1 heterocycles. The molecular weight excluding hydrogens is 324 g/mol. The lowest BCUT2D eigenvalue weighted by atomic mass is 10.1. The van der Waals surface area contributed by atoms with Crippen LogP contribution in [0.1, 0.15) is 11.1 Å². The molecule has 1 saturated heterocycles.